The van der Waals surface area contributed by atoms with Crippen molar-refractivity contribution in [3.05, 3.63) is 29.6 Å². The summed E-state index contributed by atoms with van der Waals surface area (Å²) in [6.07, 6.45) is 2.25. The van der Waals surface area contributed by atoms with E-state index in [-0.39, 0.29) is 5.82 Å². The van der Waals surface area contributed by atoms with Crippen LogP contribution in [0.1, 0.15) is 39.2 Å². The molecule has 0 aliphatic carbocycles. The normalized spacial score (nSPS) is 12.7. The van der Waals surface area contributed by atoms with Crippen molar-refractivity contribution in [3.8, 4) is 0 Å². The van der Waals surface area contributed by atoms with Gasteiger partial charge in [0.25, 0.3) is 0 Å². The van der Waals surface area contributed by atoms with Crippen LogP contribution in [-0.2, 0) is 6.54 Å². The van der Waals surface area contributed by atoms with Crippen molar-refractivity contribution < 1.29 is 4.39 Å². The molecule has 102 valence electrons. The van der Waals surface area contributed by atoms with Gasteiger partial charge in [-0.1, -0.05) is 33.3 Å². The van der Waals surface area contributed by atoms with Gasteiger partial charge in [-0.25, -0.2) is 4.39 Å². The minimum atomic E-state index is -0.0900. The average Bonchev–Trinajstić information content (AvgIpc) is 2.38. The molecule has 1 rings (SSSR count). The van der Waals surface area contributed by atoms with Gasteiger partial charge in [-0.2, -0.15) is 0 Å². The van der Waals surface area contributed by atoms with Gasteiger partial charge in [0, 0.05) is 22.8 Å². The van der Waals surface area contributed by atoms with Gasteiger partial charge < -0.3 is 5.32 Å². The highest BCUT2D eigenvalue weighted by Gasteiger charge is 2.09. The Labute approximate surface area is 115 Å². The minimum absolute atomic E-state index is 0.0900. The van der Waals surface area contributed by atoms with Crippen LogP contribution >= 0.6 is 11.8 Å². The number of halogens is 1. The van der Waals surface area contributed by atoms with Crippen LogP contribution in [0.25, 0.3) is 0 Å². The zero-order chi connectivity index (χ0) is 13.4. The fourth-order valence-corrected chi connectivity index (χ4v) is 2.80. The number of rotatable bonds is 8. The van der Waals surface area contributed by atoms with E-state index in [4.69, 9.17) is 0 Å². The van der Waals surface area contributed by atoms with E-state index in [2.05, 4.69) is 26.1 Å². The summed E-state index contributed by atoms with van der Waals surface area (Å²) in [7, 11) is 0. The Morgan fingerprint density at radius 2 is 2.11 bits per heavy atom. The van der Waals surface area contributed by atoms with Crippen LogP contribution in [0.4, 0.5) is 4.39 Å². The Morgan fingerprint density at radius 1 is 1.33 bits per heavy atom. The van der Waals surface area contributed by atoms with Crippen LogP contribution in [0.15, 0.2) is 23.1 Å². The van der Waals surface area contributed by atoms with Crippen molar-refractivity contribution in [2.45, 2.75) is 45.1 Å². The molecule has 1 aromatic rings. The molecule has 0 spiro atoms. The van der Waals surface area contributed by atoms with E-state index >= 15 is 0 Å². The first-order valence-electron chi connectivity index (χ1n) is 6.79. The van der Waals surface area contributed by atoms with Crippen molar-refractivity contribution in [1.29, 1.82) is 0 Å². The van der Waals surface area contributed by atoms with Gasteiger partial charge in [-0.15, -0.1) is 11.8 Å². The second kappa shape index (κ2) is 8.54. The lowest BCUT2D eigenvalue weighted by Gasteiger charge is -2.13. The van der Waals surface area contributed by atoms with Gasteiger partial charge in [-0.05, 0) is 31.0 Å². The van der Waals surface area contributed by atoms with Crippen molar-refractivity contribution in [3.63, 3.8) is 0 Å². The molecule has 0 bridgehead atoms. The van der Waals surface area contributed by atoms with Gasteiger partial charge in [0.05, 0.1) is 0 Å². The molecule has 0 saturated heterocycles. The van der Waals surface area contributed by atoms with Gasteiger partial charge in [0.1, 0.15) is 5.82 Å². The predicted molar refractivity (Wildman–Crippen MR) is 78.6 cm³/mol. The second-order valence-electron chi connectivity index (χ2n) is 4.72. The molecule has 1 unspecified atom stereocenters. The Kier molecular flexibility index (Phi) is 7.36. The summed E-state index contributed by atoms with van der Waals surface area (Å²) >= 11 is 1.77. The van der Waals surface area contributed by atoms with Crippen LogP contribution < -0.4 is 5.32 Å². The average molecular weight is 269 g/mol. The second-order valence-corrected chi connectivity index (χ2v) is 5.78. The van der Waals surface area contributed by atoms with E-state index in [1.165, 1.54) is 6.42 Å². The SMILES string of the molecule is CCCNCc1c(F)cccc1SCC(C)CC. The Bertz CT molecular complexity index is 354. The molecule has 1 aromatic carbocycles. The molecule has 0 aliphatic rings. The summed E-state index contributed by atoms with van der Waals surface area (Å²) in [6, 6.07) is 5.38. The summed E-state index contributed by atoms with van der Waals surface area (Å²) in [5.74, 6) is 1.64. The first-order valence-corrected chi connectivity index (χ1v) is 7.78. The van der Waals surface area contributed by atoms with E-state index in [0.29, 0.717) is 12.5 Å². The lowest BCUT2D eigenvalue weighted by Crippen LogP contribution is -2.15. The number of nitrogens with one attached hydrogen (secondary N) is 1. The van der Waals surface area contributed by atoms with Crippen LogP contribution in [0.2, 0.25) is 0 Å². The van der Waals surface area contributed by atoms with E-state index in [1.807, 2.05) is 6.07 Å². The predicted octanol–water partition coefficient (Wildman–Crippen LogP) is 4.46. The molecule has 0 aromatic heterocycles. The highest BCUT2D eigenvalue weighted by atomic mass is 32.2. The molecular weight excluding hydrogens is 245 g/mol. The molecular formula is C15H24FNS. The number of thioether (sulfide) groups is 1. The fourth-order valence-electron chi connectivity index (χ4n) is 1.59. The van der Waals surface area contributed by atoms with Crippen molar-refractivity contribution in [2.24, 2.45) is 5.92 Å². The third-order valence-corrected chi connectivity index (χ3v) is 4.45. The molecule has 18 heavy (non-hydrogen) atoms. The van der Waals surface area contributed by atoms with E-state index in [1.54, 1.807) is 23.9 Å². The number of benzene rings is 1. The topological polar surface area (TPSA) is 12.0 Å². The molecule has 0 aliphatic heterocycles. The molecule has 0 fully saturated rings. The van der Waals surface area contributed by atoms with Gasteiger partial charge >= 0.3 is 0 Å². The minimum Gasteiger partial charge on any atom is -0.313 e. The fraction of sp³-hybridized carbons (Fsp3) is 0.600. The van der Waals surface area contributed by atoms with Crippen LogP contribution in [0.5, 0.6) is 0 Å². The molecule has 1 atom stereocenters. The maximum absolute atomic E-state index is 13.8. The maximum Gasteiger partial charge on any atom is 0.128 e. The molecule has 0 heterocycles. The molecule has 1 nitrogen and oxygen atoms in total. The zero-order valence-corrected chi connectivity index (χ0v) is 12.4. The summed E-state index contributed by atoms with van der Waals surface area (Å²) in [5, 5.41) is 3.28. The van der Waals surface area contributed by atoms with Crippen molar-refractivity contribution >= 4 is 11.8 Å². The lowest BCUT2D eigenvalue weighted by atomic mass is 10.2. The number of hydrogen-bond donors (Lipinski definition) is 1. The van der Waals surface area contributed by atoms with Crippen LogP contribution in [0.3, 0.4) is 0 Å². The molecule has 0 saturated carbocycles. The van der Waals surface area contributed by atoms with Gasteiger partial charge in [-0.3, -0.25) is 0 Å². The van der Waals surface area contributed by atoms with Gasteiger partial charge in [0.2, 0.25) is 0 Å². The maximum atomic E-state index is 13.8. The Morgan fingerprint density at radius 3 is 2.78 bits per heavy atom. The first kappa shape index (κ1) is 15.5. The lowest BCUT2D eigenvalue weighted by molar-refractivity contribution is 0.578. The summed E-state index contributed by atoms with van der Waals surface area (Å²) in [5.41, 5.74) is 0.819. The molecule has 0 amide bonds. The highest BCUT2D eigenvalue weighted by molar-refractivity contribution is 7.99. The number of hydrogen-bond acceptors (Lipinski definition) is 2. The highest BCUT2D eigenvalue weighted by Crippen LogP contribution is 2.27. The summed E-state index contributed by atoms with van der Waals surface area (Å²) < 4.78 is 13.8. The molecule has 3 heteroatoms. The standard InChI is InChI=1S/C15H24FNS/c1-4-9-17-10-13-14(16)7-6-8-15(13)18-11-12(3)5-2/h6-8,12,17H,4-5,9-11H2,1-3H3. The zero-order valence-electron chi connectivity index (χ0n) is 11.6. The van der Waals surface area contributed by atoms with E-state index < -0.39 is 0 Å². The van der Waals surface area contributed by atoms with E-state index in [9.17, 15) is 4.39 Å². The first-order chi connectivity index (χ1) is 8.69. The quantitative estimate of drug-likeness (QED) is 0.552. The van der Waals surface area contributed by atoms with Crippen molar-refractivity contribution in [2.75, 3.05) is 12.3 Å². The molecule has 0 radical (unpaired) electrons. The van der Waals surface area contributed by atoms with Crippen LogP contribution in [0, 0.1) is 11.7 Å². The van der Waals surface area contributed by atoms with Crippen LogP contribution in [-0.4, -0.2) is 12.3 Å². The summed E-state index contributed by atoms with van der Waals surface area (Å²) in [4.78, 5) is 1.08. The Hall–Kier alpha value is -0.540. The third kappa shape index (κ3) is 4.99. The molecule has 1 N–H and O–H groups in total. The van der Waals surface area contributed by atoms with Crippen molar-refractivity contribution in [1.82, 2.24) is 5.32 Å². The summed E-state index contributed by atoms with van der Waals surface area (Å²) in [6.45, 7) is 8.11. The Balaban J connectivity index is 2.67. The third-order valence-electron chi connectivity index (χ3n) is 3.02. The monoisotopic (exact) mass is 269 g/mol. The smallest absolute Gasteiger partial charge is 0.128 e. The largest absolute Gasteiger partial charge is 0.313 e. The van der Waals surface area contributed by atoms with E-state index in [0.717, 1.165) is 29.2 Å². The van der Waals surface area contributed by atoms with Gasteiger partial charge in [0.15, 0.2) is 0 Å².